The van der Waals surface area contributed by atoms with Crippen LogP contribution in [0.15, 0.2) is 23.7 Å². The fourth-order valence-electron chi connectivity index (χ4n) is 2.67. The number of amides is 1. The third kappa shape index (κ3) is 4.28. The molecular weight excluding hydrogens is 353 g/mol. The smallest absolute Gasteiger partial charge is 0.347 e. The lowest BCUT2D eigenvalue weighted by Gasteiger charge is -2.31. The number of piperidine rings is 1. The van der Waals surface area contributed by atoms with Gasteiger partial charge >= 0.3 is 6.18 Å². The van der Waals surface area contributed by atoms with E-state index in [4.69, 9.17) is 0 Å². The van der Waals surface area contributed by atoms with E-state index in [1.807, 2.05) is 13.0 Å². The van der Waals surface area contributed by atoms with Crippen molar-refractivity contribution in [2.75, 3.05) is 23.3 Å². The molecule has 1 amide bonds. The Labute approximate surface area is 146 Å². The minimum Gasteiger partial charge on any atom is -0.347 e. The van der Waals surface area contributed by atoms with Crippen molar-refractivity contribution >= 4 is 28.2 Å². The van der Waals surface area contributed by atoms with Crippen molar-refractivity contribution in [2.24, 2.45) is 5.92 Å². The first kappa shape index (κ1) is 17.7. The summed E-state index contributed by atoms with van der Waals surface area (Å²) in [5, 5.41) is 4.08. The molecule has 5 nitrogen and oxygen atoms in total. The number of halogens is 3. The van der Waals surface area contributed by atoms with Crippen molar-refractivity contribution < 1.29 is 18.0 Å². The Kier molecular flexibility index (Phi) is 4.94. The van der Waals surface area contributed by atoms with Gasteiger partial charge in [0.05, 0.1) is 5.92 Å². The minimum atomic E-state index is -4.45. The van der Waals surface area contributed by atoms with Crippen molar-refractivity contribution in [3.8, 4) is 0 Å². The first-order chi connectivity index (χ1) is 11.8. The number of anilines is 2. The minimum absolute atomic E-state index is 0.173. The molecule has 134 valence electrons. The van der Waals surface area contributed by atoms with Crippen LogP contribution in [0.1, 0.15) is 24.1 Å². The van der Waals surface area contributed by atoms with Gasteiger partial charge < -0.3 is 10.2 Å². The quantitative estimate of drug-likeness (QED) is 0.895. The molecule has 0 aliphatic carbocycles. The summed E-state index contributed by atoms with van der Waals surface area (Å²) in [6.07, 6.45) is -1.37. The number of aryl methyl sites for hydroxylation is 1. The number of carbonyl (C=O) groups excluding carboxylic acids is 1. The molecule has 0 spiro atoms. The van der Waals surface area contributed by atoms with Gasteiger partial charge in [-0.25, -0.2) is 9.97 Å². The molecule has 1 saturated heterocycles. The molecule has 2 aromatic heterocycles. The van der Waals surface area contributed by atoms with Crippen LogP contribution in [-0.4, -0.2) is 29.0 Å². The lowest BCUT2D eigenvalue weighted by atomic mass is 9.97. The third-order valence-corrected chi connectivity index (χ3v) is 4.91. The highest BCUT2D eigenvalue weighted by Crippen LogP contribution is 2.34. The van der Waals surface area contributed by atoms with E-state index in [1.165, 1.54) is 0 Å². The molecular formula is C16H17F3N4OS. The fourth-order valence-corrected chi connectivity index (χ4v) is 3.54. The molecule has 0 aromatic carbocycles. The van der Waals surface area contributed by atoms with Crippen LogP contribution < -0.4 is 10.2 Å². The number of hydrogen-bond donors (Lipinski definition) is 1. The summed E-state index contributed by atoms with van der Waals surface area (Å²) in [5.74, 6) is -0.00919. The molecule has 1 aliphatic heterocycles. The number of nitrogens with zero attached hydrogens (tertiary/aromatic N) is 3. The maximum atomic E-state index is 12.7. The van der Waals surface area contributed by atoms with E-state index in [9.17, 15) is 18.0 Å². The zero-order valence-electron chi connectivity index (χ0n) is 13.5. The Morgan fingerprint density at radius 3 is 2.84 bits per heavy atom. The van der Waals surface area contributed by atoms with Crippen molar-refractivity contribution in [3.63, 3.8) is 0 Å². The zero-order valence-corrected chi connectivity index (χ0v) is 14.3. The van der Waals surface area contributed by atoms with Gasteiger partial charge in [0.2, 0.25) is 5.91 Å². The average molecular weight is 370 g/mol. The largest absolute Gasteiger partial charge is 0.434 e. The molecule has 0 radical (unpaired) electrons. The third-order valence-electron chi connectivity index (χ3n) is 4.01. The number of nitrogens with one attached hydrogen (secondary N) is 1. The van der Waals surface area contributed by atoms with E-state index >= 15 is 0 Å². The van der Waals surface area contributed by atoms with Gasteiger partial charge in [0.25, 0.3) is 0 Å². The van der Waals surface area contributed by atoms with Gasteiger partial charge in [0.1, 0.15) is 5.82 Å². The molecule has 0 bridgehead atoms. The maximum Gasteiger partial charge on any atom is 0.434 e. The summed E-state index contributed by atoms with van der Waals surface area (Å²) in [6.45, 7) is 2.85. The van der Waals surface area contributed by atoms with Gasteiger partial charge in [0, 0.05) is 24.7 Å². The Hall–Kier alpha value is -2.16. The van der Waals surface area contributed by atoms with Gasteiger partial charge in [-0.1, -0.05) is 6.07 Å². The van der Waals surface area contributed by atoms with E-state index < -0.39 is 11.9 Å². The fraction of sp³-hybridized carbons (Fsp3) is 0.438. The van der Waals surface area contributed by atoms with Crippen LogP contribution in [0.4, 0.5) is 24.1 Å². The second-order valence-corrected chi connectivity index (χ2v) is 6.84. The van der Waals surface area contributed by atoms with E-state index in [0.29, 0.717) is 30.5 Å². The Morgan fingerprint density at radius 2 is 2.20 bits per heavy atom. The van der Waals surface area contributed by atoms with E-state index in [1.54, 1.807) is 17.2 Å². The summed E-state index contributed by atoms with van der Waals surface area (Å²) < 4.78 is 38.1. The normalized spacial score (nSPS) is 18.2. The average Bonchev–Trinajstić information content (AvgIpc) is 3.07. The molecule has 1 fully saturated rings. The van der Waals surface area contributed by atoms with Crippen molar-refractivity contribution in [2.45, 2.75) is 25.9 Å². The highest BCUT2D eigenvalue weighted by atomic mass is 32.1. The Balaban J connectivity index is 1.65. The summed E-state index contributed by atoms with van der Waals surface area (Å²) >= 11 is 0.953. The molecule has 1 atom stereocenters. The predicted molar refractivity (Wildman–Crippen MR) is 89.7 cm³/mol. The Morgan fingerprint density at radius 1 is 1.40 bits per heavy atom. The first-order valence-corrected chi connectivity index (χ1v) is 8.72. The van der Waals surface area contributed by atoms with Crippen LogP contribution in [0.5, 0.6) is 0 Å². The highest BCUT2D eigenvalue weighted by molar-refractivity contribution is 7.13. The van der Waals surface area contributed by atoms with Crippen LogP contribution in [0.2, 0.25) is 0 Å². The number of pyridine rings is 1. The SMILES string of the molecule is Cc1ccc(NC(=O)C2CCCN(c3nc(C(F)(F)F)cs3)C2)nc1. The molecule has 3 heterocycles. The van der Waals surface area contributed by atoms with Crippen molar-refractivity contribution in [1.82, 2.24) is 9.97 Å². The van der Waals surface area contributed by atoms with Crippen LogP contribution >= 0.6 is 11.3 Å². The van der Waals surface area contributed by atoms with E-state index in [0.717, 1.165) is 28.7 Å². The second kappa shape index (κ2) is 6.99. The zero-order chi connectivity index (χ0) is 18.0. The topological polar surface area (TPSA) is 58.1 Å². The number of hydrogen-bond acceptors (Lipinski definition) is 5. The lowest BCUT2D eigenvalue weighted by Crippen LogP contribution is -2.40. The molecule has 1 aliphatic rings. The molecule has 1 N–H and O–H groups in total. The van der Waals surface area contributed by atoms with Gasteiger partial charge in [0.15, 0.2) is 10.8 Å². The monoisotopic (exact) mass is 370 g/mol. The number of thiazole rings is 1. The van der Waals surface area contributed by atoms with Crippen LogP contribution in [0.3, 0.4) is 0 Å². The van der Waals surface area contributed by atoms with Crippen LogP contribution in [-0.2, 0) is 11.0 Å². The van der Waals surface area contributed by atoms with Crippen LogP contribution in [0.25, 0.3) is 0 Å². The van der Waals surface area contributed by atoms with Gasteiger partial charge in [-0.2, -0.15) is 13.2 Å². The molecule has 1 unspecified atom stereocenters. The summed E-state index contributed by atoms with van der Waals surface area (Å²) in [7, 11) is 0. The highest BCUT2D eigenvalue weighted by Gasteiger charge is 2.35. The Bertz CT molecular complexity index is 745. The maximum absolute atomic E-state index is 12.7. The van der Waals surface area contributed by atoms with E-state index in [2.05, 4.69) is 15.3 Å². The second-order valence-electron chi connectivity index (χ2n) is 6.01. The molecule has 3 rings (SSSR count). The number of alkyl halides is 3. The summed E-state index contributed by atoms with van der Waals surface area (Å²) in [4.78, 5) is 22.0. The molecule has 25 heavy (non-hydrogen) atoms. The summed E-state index contributed by atoms with van der Waals surface area (Å²) in [5.41, 5.74) is 0.106. The first-order valence-electron chi connectivity index (χ1n) is 7.84. The number of aromatic nitrogens is 2. The number of carbonyl (C=O) groups is 1. The van der Waals surface area contributed by atoms with Crippen molar-refractivity contribution in [1.29, 1.82) is 0 Å². The van der Waals surface area contributed by atoms with Gasteiger partial charge in [-0.05, 0) is 31.4 Å². The predicted octanol–water partition coefficient (Wildman–Crippen LogP) is 3.72. The number of rotatable bonds is 3. The molecule has 2 aromatic rings. The summed E-state index contributed by atoms with van der Waals surface area (Å²) in [6, 6.07) is 3.58. The lowest BCUT2D eigenvalue weighted by molar-refractivity contribution is -0.140. The van der Waals surface area contributed by atoms with Crippen molar-refractivity contribution in [3.05, 3.63) is 35.0 Å². The standard InChI is InChI=1S/C16H17F3N4OS/c1-10-4-5-13(20-7-10)22-14(24)11-3-2-6-23(8-11)15-21-12(9-25-15)16(17,18)19/h4-5,7,9,11H,2-3,6,8H2,1H3,(H,20,22,24). The molecule has 9 heteroatoms. The molecule has 0 saturated carbocycles. The van der Waals surface area contributed by atoms with Crippen LogP contribution in [0, 0.1) is 12.8 Å². The van der Waals surface area contributed by atoms with Gasteiger partial charge in [-0.3, -0.25) is 4.79 Å². The van der Waals surface area contributed by atoms with Gasteiger partial charge in [-0.15, -0.1) is 11.3 Å². The van der Waals surface area contributed by atoms with E-state index in [-0.39, 0.29) is 11.8 Å².